The van der Waals surface area contributed by atoms with Gasteiger partial charge in [-0.15, -0.1) is 0 Å². The molecule has 3 rings (SSSR count). The Morgan fingerprint density at radius 3 is 2.95 bits per heavy atom. The van der Waals surface area contributed by atoms with Gasteiger partial charge in [0.15, 0.2) is 0 Å². The maximum atomic E-state index is 6.43. The number of halogens is 1. The summed E-state index contributed by atoms with van der Waals surface area (Å²) < 4.78 is 7.56. The van der Waals surface area contributed by atoms with E-state index in [2.05, 4.69) is 16.5 Å². The summed E-state index contributed by atoms with van der Waals surface area (Å²) in [4.78, 5) is 4.29. The van der Waals surface area contributed by atoms with Gasteiger partial charge in [-0.3, -0.25) is 0 Å². The molecule has 1 saturated heterocycles. The molecule has 0 saturated carbocycles. The largest absolute Gasteiger partial charge is 0.381 e. The van der Waals surface area contributed by atoms with Crippen LogP contribution in [0.3, 0.4) is 0 Å². The summed E-state index contributed by atoms with van der Waals surface area (Å²) in [6, 6.07) is 7.94. The van der Waals surface area contributed by atoms with E-state index in [1.807, 2.05) is 36.8 Å². The van der Waals surface area contributed by atoms with E-state index in [4.69, 9.17) is 22.1 Å². The number of benzene rings is 1. The van der Waals surface area contributed by atoms with Crippen molar-refractivity contribution < 1.29 is 4.74 Å². The smallest absolute Gasteiger partial charge is 0.0954 e. The zero-order valence-electron chi connectivity index (χ0n) is 12.1. The second kappa shape index (κ2) is 6.18. The molecule has 1 aliphatic rings. The average molecular weight is 306 g/mol. The van der Waals surface area contributed by atoms with Crippen molar-refractivity contribution in [3.8, 4) is 0 Å². The Hall–Kier alpha value is -1.36. The predicted molar refractivity (Wildman–Crippen MR) is 83.3 cm³/mol. The van der Waals surface area contributed by atoms with Gasteiger partial charge in [-0.2, -0.15) is 0 Å². The van der Waals surface area contributed by atoms with Gasteiger partial charge in [0, 0.05) is 23.7 Å². The van der Waals surface area contributed by atoms with Crippen LogP contribution in [0.5, 0.6) is 0 Å². The van der Waals surface area contributed by atoms with E-state index >= 15 is 0 Å². The minimum absolute atomic E-state index is 0.0556. The predicted octanol–water partition coefficient (Wildman–Crippen LogP) is 3.18. The standard InChI is InChI=1S/C16H20ClN3O/c1-11(13-4-2-3-5-14(13)17)20-10-19-8-15(20)16(18)12-6-7-21-9-12/h2-5,8,10-12,16H,6-7,9,18H2,1H3. The fourth-order valence-corrected chi connectivity index (χ4v) is 3.23. The van der Waals surface area contributed by atoms with Gasteiger partial charge in [0.05, 0.1) is 30.7 Å². The van der Waals surface area contributed by atoms with Crippen molar-refractivity contribution in [1.29, 1.82) is 0 Å². The van der Waals surface area contributed by atoms with Gasteiger partial charge in [0.2, 0.25) is 0 Å². The maximum Gasteiger partial charge on any atom is 0.0954 e. The number of aromatic nitrogens is 2. The Morgan fingerprint density at radius 2 is 2.24 bits per heavy atom. The van der Waals surface area contributed by atoms with Gasteiger partial charge in [0.1, 0.15) is 0 Å². The average Bonchev–Trinajstić information content (AvgIpc) is 3.17. The van der Waals surface area contributed by atoms with Crippen LogP contribution in [0.4, 0.5) is 0 Å². The Bertz CT molecular complexity index is 607. The molecule has 1 aromatic heterocycles. The minimum Gasteiger partial charge on any atom is -0.381 e. The molecule has 2 N–H and O–H groups in total. The Labute approximate surface area is 129 Å². The summed E-state index contributed by atoms with van der Waals surface area (Å²) in [5.41, 5.74) is 8.54. The van der Waals surface area contributed by atoms with Gasteiger partial charge in [-0.05, 0) is 25.0 Å². The summed E-state index contributed by atoms with van der Waals surface area (Å²) in [6.07, 6.45) is 4.70. The second-order valence-electron chi connectivity index (χ2n) is 5.57. The quantitative estimate of drug-likeness (QED) is 0.944. The molecule has 1 aliphatic heterocycles. The zero-order valence-corrected chi connectivity index (χ0v) is 12.8. The zero-order chi connectivity index (χ0) is 14.8. The molecule has 0 radical (unpaired) electrons. The highest BCUT2D eigenvalue weighted by molar-refractivity contribution is 6.31. The highest BCUT2D eigenvalue weighted by atomic mass is 35.5. The molecule has 112 valence electrons. The van der Waals surface area contributed by atoms with Crippen LogP contribution in [0.25, 0.3) is 0 Å². The van der Waals surface area contributed by atoms with Crippen LogP contribution >= 0.6 is 11.6 Å². The Balaban J connectivity index is 1.89. The first-order valence-electron chi connectivity index (χ1n) is 7.28. The van der Waals surface area contributed by atoms with Crippen LogP contribution in [-0.2, 0) is 4.74 Å². The third-order valence-electron chi connectivity index (χ3n) is 4.28. The van der Waals surface area contributed by atoms with Crippen LogP contribution in [0.1, 0.15) is 36.7 Å². The minimum atomic E-state index is -0.0556. The number of hydrogen-bond donors (Lipinski definition) is 1. The van der Waals surface area contributed by atoms with Crippen molar-refractivity contribution in [2.45, 2.75) is 25.4 Å². The summed E-state index contributed by atoms with van der Waals surface area (Å²) in [7, 11) is 0. The van der Waals surface area contributed by atoms with Crippen LogP contribution in [0, 0.1) is 5.92 Å². The lowest BCUT2D eigenvalue weighted by atomic mass is 9.96. The van der Waals surface area contributed by atoms with Gasteiger partial charge < -0.3 is 15.0 Å². The molecular weight excluding hydrogens is 286 g/mol. The fourth-order valence-electron chi connectivity index (χ4n) is 2.94. The lowest BCUT2D eigenvalue weighted by Crippen LogP contribution is -2.25. The van der Waals surface area contributed by atoms with Crippen molar-refractivity contribution in [2.75, 3.05) is 13.2 Å². The molecule has 0 aliphatic carbocycles. The molecule has 3 atom stereocenters. The SMILES string of the molecule is CC(c1ccccc1Cl)n1cncc1C(N)C1CCOC1. The molecule has 0 spiro atoms. The lowest BCUT2D eigenvalue weighted by molar-refractivity contribution is 0.180. The molecule has 1 fully saturated rings. The van der Waals surface area contributed by atoms with E-state index in [-0.39, 0.29) is 12.1 Å². The summed E-state index contributed by atoms with van der Waals surface area (Å²) in [5.74, 6) is 0.360. The van der Waals surface area contributed by atoms with E-state index in [0.29, 0.717) is 5.92 Å². The highest BCUT2D eigenvalue weighted by Crippen LogP contribution is 2.31. The van der Waals surface area contributed by atoms with E-state index in [9.17, 15) is 0 Å². The number of ether oxygens (including phenoxy) is 1. The molecule has 1 aromatic carbocycles. The van der Waals surface area contributed by atoms with Crippen molar-refractivity contribution in [1.82, 2.24) is 9.55 Å². The first-order chi connectivity index (χ1) is 10.2. The molecule has 2 heterocycles. The first-order valence-corrected chi connectivity index (χ1v) is 7.65. The molecule has 0 bridgehead atoms. The second-order valence-corrected chi connectivity index (χ2v) is 5.98. The molecule has 2 aromatic rings. The molecular formula is C16H20ClN3O. The Morgan fingerprint density at radius 1 is 1.43 bits per heavy atom. The van der Waals surface area contributed by atoms with E-state index in [1.165, 1.54) is 0 Å². The third-order valence-corrected chi connectivity index (χ3v) is 4.63. The third kappa shape index (κ3) is 2.84. The topological polar surface area (TPSA) is 53.1 Å². The lowest BCUT2D eigenvalue weighted by Gasteiger charge is -2.23. The molecule has 0 amide bonds. The van der Waals surface area contributed by atoms with E-state index in [1.54, 1.807) is 0 Å². The van der Waals surface area contributed by atoms with E-state index < -0.39 is 0 Å². The Kier molecular flexibility index (Phi) is 4.29. The number of nitrogens with two attached hydrogens (primary N) is 1. The van der Waals surface area contributed by atoms with Gasteiger partial charge in [0.25, 0.3) is 0 Å². The van der Waals surface area contributed by atoms with Crippen LogP contribution < -0.4 is 5.73 Å². The van der Waals surface area contributed by atoms with Crippen LogP contribution in [0.15, 0.2) is 36.8 Å². The van der Waals surface area contributed by atoms with E-state index in [0.717, 1.165) is 35.9 Å². The molecule has 5 heteroatoms. The summed E-state index contributed by atoms with van der Waals surface area (Å²) >= 11 is 6.31. The fraction of sp³-hybridized carbons (Fsp3) is 0.438. The van der Waals surface area contributed by atoms with Crippen LogP contribution in [0.2, 0.25) is 5.02 Å². The van der Waals surface area contributed by atoms with Crippen molar-refractivity contribution >= 4 is 11.6 Å². The number of rotatable bonds is 4. The van der Waals surface area contributed by atoms with Gasteiger partial charge in [-0.1, -0.05) is 29.8 Å². The maximum absolute atomic E-state index is 6.43. The monoisotopic (exact) mass is 305 g/mol. The first kappa shape index (κ1) is 14.6. The number of hydrogen-bond acceptors (Lipinski definition) is 3. The van der Waals surface area contributed by atoms with Crippen molar-refractivity contribution in [3.05, 3.63) is 53.1 Å². The number of nitrogens with zero attached hydrogens (tertiary/aromatic N) is 2. The highest BCUT2D eigenvalue weighted by Gasteiger charge is 2.27. The molecule has 3 unspecified atom stereocenters. The summed E-state index contributed by atoms with van der Waals surface area (Å²) in [5, 5.41) is 0.766. The molecule has 21 heavy (non-hydrogen) atoms. The van der Waals surface area contributed by atoms with Crippen LogP contribution in [-0.4, -0.2) is 22.8 Å². The summed E-state index contributed by atoms with van der Waals surface area (Å²) in [6.45, 7) is 3.64. The van der Waals surface area contributed by atoms with Crippen molar-refractivity contribution in [3.63, 3.8) is 0 Å². The van der Waals surface area contributed by atoms with Gasteiger partial charge >= 0.3 is 0 Å². The van der Waals surface area contributed by atoms with Crippen molar-refractivity contribution in [2.24, 2.45) is 11.7 Å². The number of imidazole rings is 1. The molecule has 4 nitrogen and oxygen atoms in total. The normalized spacial score (nSPS) is 21.4. The van der Waals surface area contributed by atoms with Gasteiger partial charge in [-0.25, -0.2) is 4.98 Å².